The predicted molar refractivity (Wildman–Crippen MR) is 106 cm³/mol. The van der Waals surface area contributed by atoms with Crippen molar-refractivity contribution in [3.63, 3.8) is 0 Å². The number of benzene rings is 2. The first-order valence-electron chi connectivity index (χ1n) is 8.40. The Hall–Kier alpha value is -4.54. The second-order valence-corrected chi connectivity index (χ2v) is 5.82. The largest absolute Gasteiger partial charge is 0.496 e. The fourth-order valence-electron chi connectivity index (χ4n) is 2.61. The number of methoxy groups -OCH3 is 1. The van der Waals surface area contributed by atoms with Crippen LogP contribution in [0.2, 0.25) is 0 Å². The number of nitrogens with one attached hydrogen (secondary N) is 1. The molecular weight excluding hydrogens is 396 g/mol. The van der Waals surface area contributed by atoms with Gasteiger partial charge in [0.05, 0.1) is 34.3 Å². The quantitative estimate of drug-likeness (QED) is 0.355. The van der Waals surface area contributed by atoms with Gasteiger partial charge in [-0.3, -0.25) is 25.0 Å². The van der Waals surface area contributed by atoms with E-state index in [1.807, 2.05) is 0 Å². The van der Waals surface area contributed by atoms with E-state index in [-0.39, 0.29) is 34.2 Å². The van der Waals surface area contributed by atoms with Crippen LogP contribution < -0.4 is 10.2 Å². The van der Waals surface area contributed by atoms with E-state index >= 15 is 0 Å². The number of ether oxygens (including phenoxy) is 1. The number of furan rings is 1. The molecule has 1 heterocycles. The van der Waals surface area contributed by atoms with Gasteiger partial charge >= 0.3 is 0 Å². The standard InChI is InChI=1S/C19H14N4O7/c1-29-17-8-6-12(22(25)26)10-15(17)19(24)21-20-11-13-7-9-18(30-13)14-4-2-3-5-16(14)23(27)28/h2-11H,1H3,(H,21,24)/b20-11-. The Bertz CT molecular complexity index is 1150. The molecule has 1 N–H and O–H groups in total. The Labute approximate surface area is 168 Å². The highest BCUT2D eigenvalue weighted by molar-refractivity contribution is 5.98. The number of hydrogen-bond donors (Lipinski definition) is 1. The molecule has 0 bridgehead atoms. The molecule has 0 aliphatic heterocycles. The summed E-state index contributed by atoms with van der Waals surface area (Å²) in [7, 11) is 1.33. The molecule has 3 rings (SSSR count). The molecule has 0 saturated carbocycles. The molecule has 11 nitrogen and oxygen atoms in total. The number of nitrogens with zero attached hydrogens (tertiary/aromatic N) is 3. The monoisotopic (exact) mass is 410 g/mol. The van der Waals surface area contributed by atoms with Gasteiger partial charge in [-0.25, -0.2) is 5.43 Å². The number of carbonyl (C=O) groups is 1. The van der Waals surface area contributed by atoms with Crippen LogP contribution >= 0.6 is 0 Å². The minimum Gasteiger partial charge on any atom is -0.496 e. The summed E-state index contributed by atoms with van der Waals surface area (Å²) in [6.07, 6.45) is 1.19. The van der Waals surface area contributed by atoms with Crippen molar-refractivity contribution in [2.75, 3.05) is 7.11 Å². The van der Waals surface area contributed by atoms with E-state index in [1.165, 1.54) is 43.7 Å². The van der Waals surface area contributed by atoms with Crippen molar-refractivity contribution in [3.8, 4) is 17.1 Å². The zero-order chi connectivity index (χ0) is 21.7. The van der Waals surface area contributed by atoms with Crippen LogP contribution in [0.25, 0.3) is 11.3 Å². The van der Waals surface area contributed by atoms with Crippen LogP contribution in [0.15, 0.2) is 64.1 Å². The summed E-state index contributed by atoms with van der Waals surface area (Å²) in [5.41, 5.74) is 2.08. The number of rotatable bonds is 7. The summed E-state index contributed by atoms with van der Waals surface area (Å²) < 4.78 is 10.6. The van der Waals surface area contributed by atoms with Crippen molar-refractivity contribution < 1.29 is 23.8 Å². The summed E-state index contributed by atoms with van der Waals surface area (Å²) in [4.78, 5) is 33.2. The van der Waals surface area contributed by atoms with Gasteiger partial charge in [-0.05, 0) is 24.3 Å². The lowest BCUT2D eigenvalue weighted by atomic mass is 10.1. The Kier molecular flexibility index (Phi) is 5.82. The highest BCUT2D eigenvalue weighted by Crippen LogP contribution is 2.30. The van der Waals surface area contributed by atoms with Crippen LogP contribution in [0, 0.1) is 20.2 Å². The van der Waals surface area contributed by atoms with Crippen LogP contribution in [0.5, 0.6) is 5.75 Å². The highest BCUT2D eigenvalue weighted by atomic mass is 16.6. The van der Waals surface area contributed by atoms with Crippen LogP contribution in [0.4, 0.5) is 11.4 Å². The molecule has 0 aliphatic rings. The summed E-state index contributed by atoms with van der Waals surface area (Å²) in [5.74, 6) is -0.0906. The van der Waals surface area contributed by atoms with Gasteiger partial charge in [-0.1, -0.05) is 12.1 Å². The molecule has 0 aliphatic carbocycles. The molecule has 30 heavy (non-hydrogen) atoms. The molecule has 2 aromatic carbocycles. The third kappa shape index (κ3) is 4.30. The lowest BCUT2D eigenvalue weighted by molar-refractivity contribution is -0.384. The van der Waals surface area contributed by atoms with Crippen LogP contribution in [0.1, 0.15) is 16.1 Å². The summed E-state index contributed by atoms with van der Waals surface area (Å²) in [5, 5.41) is 25.8. The first kappa shape index (κ1) is 20.2. The van der Waals surface area contributed by atoms with Crippen molar-refractivity contribution in [1.29, 1.82) is 0 Å². The molecule has 0 saturated heterocycles. The first-order valence-corrected chi connectivity index (χ1v) is 8.40. The fourth-order valence-corrected chi connectivity index (χ4v) is 2.61. The normalized spacial score (nSPS) is 10.7. The molecule has 3 aromatic rings. The van der Waals surface area contributed by atoms with Gasteiger partial charge in [0.2, 0.25) is 0 Å². The smallest absolute Gasteiger partial charge is 0.280 e. The molecule has 0 radical (unpaired) electrons. The number of para-hydroxylation sites is 1. The van der Waals surface area contributed by atoms with Gasteiger partial charge in [-0.15, -0.1) is 0 Å². The van der Waals surface area contributed by atoms with Crippen molar-refractivity contribution in [2.24, 2.45) is 5.10 Å². The third-order valence-corrected chi connectivity index (χ3v) is 3.99. The Morgan fingerprint density at radius 3 is 2.57 bits per heavy atom. The molecule has 1 aromatic heterocycles. The number of nitro benzene ring substituents is 2. The lowest BCUT2D eigenvalue weighted by Crippen LogP contribution is -2.18. The lowest BCUT2D eigenvalue weighted by Gasteiger charge is -2.06. The topological polar surface area (TPSA) is 150 Å². The summed E-state index contributed by atoms with van der Waals surface area (Å²) in [6, 6.07) is 12.8. The third-order valence-electron chi connectivity index (χ3n) is 3.99. The number of non-ortho nitro benzene ring substituents is 1. The van der Waals surface area contributed by atoms with E-state index in [0.29, 0.717) is 5.56 Å². The van der Waals surface area contributed by atoms with Gasteiger partial charge in [-0.2, -0.15) is 5.10 Å². The van der Waals surface area contributed by atoms with Gasteiger partial charge in [0.1, 0.15) is 17.3 Å². The minimum atomic E-state index is -0.725. The minimum absolute atomic E-state index is 0.0658. The van der Waals surface area contributed by atoms with E-state index in [1.54, 1.807) is 18.2 Å². The molecule has 0 unspecified atom stereocenters. The van der Waals surface area contributed by atoms with Gasteiger partial charge in [0, 0.05) is 18.2 Å². The molecule has 11 heteroatoms. The number of hydrazone groups is 1. The maximum absolute atomic E-state index is 12.3. The van der Waals surface area contributed by atoms with E-state index in [0.717, 1.165) is 6.07 Å². The van der Waals surface area contributed by atoms with Crippen molar-refractivity contribution >= 4 is 23.5 Å². The summed E-state index contributed by atoms with van der Waals surface area (Å²) >= 11 is 0. The molecule has 0 spiro atoms. The van der Waals surface area contributed by atoms with E-state index in [2.05, 4.69) is 10.5 Å². The van der Waals surface area contributed by atoms with E-state index < -0.39 is 15.8 Å². The van der Waals surface area contributed by atoms with Gasteiger partial charge in [0.25, 0.3) is 17.3 Å². The zero-order valence-corrected chi connectivity index (χ0v) is 15.5. The van der Waals surface area contributed by atoms with E-state index in [9.17, 15) is 25.0 Å². The maximum Gasteiger partial charge on any atom is 0.280 e. The van der Waals surface area contributed by atoms with Crippen molar-refractivity contribution in [2.45, 2.75) is 0 Å². The number of carbonyl (C=O) groups excluding carboxylic acids is 1. The van der Waals surface area contributed by atoms with Crippen molar-refractivity contribution in [3.05, 3.63) is 86.1 Å². The molecule has 0 atom stereocenters. The second-order valence-electron chi connectivity index (χ2n) is 5.82. The molecule has 0 fully saturated rings. The molecule has 1 amide bonds. The first-order chi connectivity index (χ1) is 14.4. The number of hydrogen-bond acceptors (Lipinski definition) is 8. The van der Waals surface area contributed by atoms with Crippen LogP contribution in [-0.2, 0) is 0 Å². The number of amides is 1. The van der Waals surface area contributed by atoms with E-state index in [4.69, 9.17) is 9.15 Å². The Morgan fingerprint density at radius 1 is 1.10 bits per heavy atom. The average Bonchev–Trinajstić information content (AvgIpc) is 3.21. The average molecular weight is 410 g/mol. The molecule has 152 valence electrons. The van der Waals surface area contributed by atoms with Crippen molar-refractivity contribution in [1.82, 2.24) is 5.43 Å². The predicted octanol–water partition coefficient (Wildman–Crippen LogP) is 3.54. The Morgan fingerprint density at radius 2 is 1.87 bits per heavy atom. The Balaban J connectivity index is 1.76. The van der Waals surface area contributed by atoms with Gasteiger partial charge in [0.15, 0.2) is 0 Å². The SMILES string of the molecule is COc1ccc([N+](=O)[O-])cc1C(=O)N/N=C\c1ccc(-c2ccccc2[N+](=O)[O-])o1. The van der Waals surface area contributed by atoms with Crippen LogP contribution in [-0.4, -0.2) is 29.1 Å². The zero-order valence-electron chi connectivity index (χ0n) is 15.5. The number of nitro groups is 2. The molecular formula is C19H14N4O7. The van der Waals surface area contributed by atoms with Gasteiger partial charge < -0.3 is 9.15 Å². The highest BCUT2D eigenvalue weighted by Gasteiger charge is 2.18. The van der Waals surface area contributed by atoms with Crippen LogP contribution in [0.3, 0.4) is 0 Å². The maximum atomic E-state index is 12.3. The summed E-state index contributed by atoms with van der Waals surface area (Å²) in [6.45, 7) is 0. The fraction of sp³-hybridized carbons (Fsp3) is 0.0526. The second kappa shape index (κ2) is 8.65.